The molecule has 15 heavy (non-hydrogen) atoms. The summed E-state index contributed by atoms with van der Waals surface area (Å²) in [6, 6.07) is 6.85. The molecule has 0 saturated carbocycles. The van der Waals surface area contributed by atoms with Crippen LogP contribution in [0.15, 0.2) is 18.2 Å². The Kier molecular flexibility index (Phi) is 4.34. The monoisotopic (exact) mass is 205 g/mol. The Labute approximate surface area is 93.9 Å². The molecule has 0 saturated heterocycles. The molecule has 1 nitrogen and oxygen atoms in total. The van der Waals surface area contributed by atoms with Crippen LogP contribution in [0.3, 0.4) is 0 Å². The maximum absolute atomic E-state index is 3.25. The predicted molar refractivity (Wildman–Crippen MR) is 67.4 cm³/mol. The summed E-state index contributed by atoms with van der Waals surface area (Å²) in [4.78, 5) is 0. The molecule has 84 valence electrons. The van der Waals surface area contributed by atoms with E-state index in [1.54, 1.807) is 0 Å². The first-order valence-corrected chi connectivity index (χ1v) is 5.77. The molecule has 0 spiro atoms. The van der Waals surface area contributed by atoms with Crippen molar-refractivity contribution in [3.63, 3.8) is 0 Å². The first-order valence-electron chi connectivity index (χ1n) is 5.77. The lowest BCUT2D eigenvalue weighted by Crippen LogP contribution is -2.20. The standard InChI is InChI=1S/C14H23N/c1-10-6-11(2)8-14(7-10)13(4)12(3)9-15-5/h6-8,12-13,15H,9H2,1-5H3. The molecule has 1 N–H and O–H groups in total. The molecule has 0 amide bonds. The Morgan fingerprint density at radius 2 is 1.60 bits per heavy atom. The Morgan fingerprint density at radius 3 is 2.07 bits per heavy atom. The summed E-state index contributed by atoms with van der Waals surface area (Å²) in [5.74, 6) is 1.30. The van der Waals surface area contributed by atoms with E-state index in [1.807, 2.05) is 7.05 Å². The van der Waals surface area contributed by atoms with E-state index in [0.717, 1.165) is 6.54 Å². The lowest BCUT2D eigenvalue weighted by atomic mass is 9.87. The van der Waals surface area contributed by atoms with Gasteiger partial charge in [0.1, 0.15) is 0 Å². The van der Waals surface area contributed by atoms with Crippen molar-refractivity contribution in [2.45, 2.75) is 33.6 Å². The average Bonchev–Trinajstić information content (AvgIpc) is 2.15. The van der Waals surface area contributed by atoms with E-state index in [-0.39, 0.29) is 0 Å². The molecule has 0 aliphatic heterocycles. The molecule has 0 aliphatic rings. The van der Waals surface area contributed by atoms with Crippen molar-refractivity contribution >= 4 is 0 Å². The molecule has 1 rings (SSSR count). The number of nitrogens with one attached hydrogen (secondary N) is 1. The van der Waals surface area contributed by atoms with E-state index in [4.69, 9.17) is 0 Å². The molecule has 0 aromatic heterocycles. The highest BCUT2D eigenvalue weighted by atomic mass is 14.8. The van der Waals surface area contributed by atoms with Gasteiger partial charge in [0, 0.05) is 0 Å². The van der Waals surface area contributed by atoms with Gasteiger partial charge < -0.3 is 5.32 Å². The van der Waals surface area contributed by atoms with Crippen LogP contribution in [-0.2, 0) is 0 Å². The number of rotatable bonds is 4. The van der Waals surface area contributed by atoms with Gasteiger partial charge in [-0.1, -0.05) is 43.2 Å². The van der Waals surface area contributed by atoms with Crippen molar-refractivity contribution in [2.24, 2.45) is 5.92 Å². The van der Waals surface area contributed by atoms with Gasteiger partial charge in [-0.3, -0.25) is 0 Å². The van der Waals surface area contributed by atoms with Crippen LogP contribution in [0.25, 0.3) is 0 Å². The number of hydrogen-bond acceptors (Lipinski definition) is 1. The minimum atomic E-state index is 0.621. The van der Waals surface area contributed by atoms with Crippen molar-refractivity contribution in [3.05, 3.63) is 34.9 Å². The van der Waals surface area contributed by atoms with Gasteiger partial charge in [-0.2, -0.15) is 0 Å². The van der Waals surface area contributed by atoms with Crippen molar-refractivity contribution < 1.29 is 0 Å². The van der Waals surface area contributed by atoms with Crippen molar-refractivity contribution in [3.8, 4) is 0 Å². The minimum absolute atomic E-state index is 0.621. The summed E-state index contributed by atoms with van der Waals surface area (Å²) >= 11 is 0. The predicted octanol–water partition coefficient (Wildman–Crippen LogP) is 3.26. The number of hydrogen-bond donors (Lipinski definition) is 1. The highest BCUT2D eigenvalue weighted by Crippen LogP contribution is 2.25. The molecule has 2 unspecified atom stereocenters. The van der Waals surface area contributed by atoms with Gasteiger partial charge >= 0.3 is 0 Å². The molecule has 1 aromatic rings. The smallest absolute Gasteiger partial charge is 0.00204 e. The molecule has 0 fully saturated rings. The van der Waals surface area contributed by atoms with Gasteiger partial charge in [0.2, 0.25) is 0 Å². The highest BCUT2D eigenvalue weighted by molar-refractivity contribution is 5.31. The third kappa shape index (κ3) is 3.35. The number of benzene rings is 1. The molecule has 0 heterocycles. The van der Waals surface area contributed by atoms with Crippen LogP contribution in [0.5, 0.6) is 0 Å². The van der Waals surface area contributed by atoms with E-state index in [2.05, 4.69) is 51.2 Å². The van der Waals surface area contributed by atoms with Gasteiger partial charge in [-0.25, -0.2) is 0 Å². The van der Waals surface area contributed by atoms with Crippen LogP contribution in [0, 0.1) is 19.8 Å². The lowest BCUT2D eigenvalue weighted by Gasteiger charge is -2.21. The van der Waals surface area contributed by atoms with Crippen LogP contribution < -0.4 is 5.32 Å². The summed E-state index contributed by atoms with van der Waals surface area (Å²) in [7, 11) is 2.02. The fourth-order valence-electron chi connectivity index (χ4n) is 2.10. The maximum atomic E-state index is 3.25. The zero-order chi connectivity index (χ0) is 11.4. The van der Waals surface area contributed by atoms with Gasteiger partial charge in [0.25, 0.3) is 0 Å². The molecule has 1 aromatic carbocycles. The molecule has 1 heteroatoms. The summed E-state index contributed by atoms with van der Waals surface area (Å²) in [6.45, 7) is 10.0. The van der Waals surface area contributed by atoms with E-state index >= 15 is 0 Å². The third-order valence-corrected chi connectivity index (χ3v) is 3.15. The first kappa shape index (κ1) is 12.3. The Balaban J connectivity index is 2.85. The van der Waals surface area contributed by atoms with Crippen molar-refractivity contribution in [1.82, 2.24) is 5.32 Å². The van der Waals surface area contributed by atoms with E-state index in [9.17, 15) is 0 Å². The summed E-state index contributed by atoms with van der Waals surface area (Å²) in [5.41, 5.74) is 4.21. The molecule has 0 bridgehead atoms. The van der Waals surface area contributed by atoms with Crippen LogP contribution in [0.4, 0.5) is 0 Å². The first-order chi connectivity index (χ1) is 7.04. The molecule has 2 atom stereocenters. The Hall–Kier alpha value is -0.820. The Morgan fingerprint density at radius 1 is 1.07 bits per heavy atom. The van der Waals surface area contributed by atoms with E-state index in [1.165, 1.54) is 16.7 Å². The average molecular weight is 205 g/mol. The third-order valence-electron chi connectivity index (χ3n) is 3.15. The molecular formula is C14H23N. The molecule has 0 radical (unpaired) electrons. The SMILES string of the molecule is CNCC(C)C(C)c1cc(C)cc(C)c1. The van der Waals surface area contributed by atoms with Crippen LogP contribution in [-0.4, -0.2) is 13.6 Å². The van der Waals surface area contributed by atoms with Crippen LogP contribution >= 0.6 is 0 Å². The number of aryl methyl sites for hydroxylation is 2. The fourth-order valence-corrected chi connectivity index (χ4v) is 2.10. The van der Waals surface area contributed by atoms with Gasteiger partial charge in [0.15, 0.2) is 0 Å². The van der Waals surface area contributed by atoms with Crippen molar-refractivity contribution in [2.75, 3.05) is 13.6 Å². The van der Waals surface area contributed by atoms with Gasteiger partial charge in [-0.15, -0.1) is 0 Å². The second-order valence-corrected chi connectivity index (χ2v) is 4.74. The van der Waals surface area contributed by atoms with Crippen LogP contribution in [0.1, 0.15) is 36.5 Å². The molecular weight excluding hydrogens is 182 g/mol. The zero-order valence-corrected chi connectivity index (χ0v) is 10.6. The second-order valence-electron chi connectivity index (χ2n) is 4.74. The highest BCUT2D eigenvalue weighted by Gasteiger charge is 2.13. The van der Waals surface area contributed by atoms with Gasteiger partial charge in [0.05, 0.1) is 0 Å². The van der Waals surface area contributed by atoms with E-state index < -0.39 is 0 Å². The van der Waals surface area contributed by atoms with Crippen molar-refractivity contribution in [1.29, 1.82) is 0 Å². The molecule has 0 aliphatic carbocycles. The van der Waals surface area contributed by atoms with Gasteiger partial charge in [-0.05, 0) is 44.8 Å². The lowest BCUT2D eigenvalue weighted by molar-refractivity contribution is 0.466. The van der Waals surface area contributed by atoms with E-state index in [0.29, 0.717) is 11.8 Å². The van der Waals surface area contributed by atoms with Crippen LogP contribution in [0.2, 0.25) is 0 Å². The second kappa shape index (κ2) is 5.32. The maximum Gasteiger partial charge on any atom is -0.00204 e. The fraction of sp³-hybridized carbons (Fsp3) is 0.571. The topological polar surface area (TPSA) is 12.0 Å². The zero-order valence-electron chi connectivity index (χ0n) is 10.6. The summed E-state index contributed by atoms with van der Waals surface area (Å²) in [5, 5.41) is 3.25. The quantitative estimate of drug-likeness (QED) is 0.795. The largest absolute Gasteiger partial charge is 0.319 e. The summed E-state index contributed by atoms with van der Waals surface area (Å²) in [6.07, 6.45) is 0. The minimum Gasteiger partial charge on any atom is -0.319 e. The summed E-state index contributed by atoms with van der Waals surface area (Å²) < 4.78 is 0. The normalized spacial score (nSPS) is 15.0. The Bertz CT molecular complexity index is 297.